The van der Waals surface area contributed by atoms with Crippen molar-refractivity contribution in [3.8, 4) is 6.07 Å². The Balaban J connectivity index is 1.57. The van der Waals surface area contributed by atoms with E-state index in [9.17, 15) is 4.79 Å². The molecule has 1 amide bonds. The second-order valence-electron chi connectivity index (χ2n) is 9.23. The lowest BCUT2D eigenvalue weighted by Gasteiger charge is -2.38. The molecule has 0 unspecified atom stereocenters. The van der Waals surface area contributed by atoms with E-state index in [-0.39, 0.29) is 5.91 Å². The molecule has 0 spiro atoms. The maximum absolute atomic E-state index is 13.4. The van der Waals surface area contributed by atoms with Crippen molar-refractivity contribution in [3.63, 3.8) is 0 Å². The number of halogens is 1. The first-order valence-electron chi connectivity index (χ1n) is 11.1. The summed E-state index contributed by atoms with van der Waals surface area (Å²) in [4.78, 5) is 21.6. The minimum absolute atomic E-state index is 0.137. The van der Waals surface area contributed by atoms with E-state index in [4.69, 9.17) is 29.1 Å². The minimum Gasteiger partial charge on any atom is -0.369 e. The Morgan fingerprint density at radius 2 is 1.58 bits per heavy atom. The van der Waals surface area contributed by atoms with Gasteiger partial charge in [-0.15, -0.1) is 0 Å². The molecule has 172 valence electrons. The highest BCUT2D eigenvalue weighted by atomic mass is 35.5. The SMILES string of the molecule is CC(C)N1CCN(c2ccc(N3C(=S)N(c4ccc(C#N)c(Cl)c4)C(=O)C3(C)C)cc2)CC1. The second-order valence-corrected chi connectivity index (χ2v) is 10.00. The third kappa shape index (κ3) is 4.19. The van der Waals surface area contributed by atoms with Gasteiger partial charge in [0.05, 0.1) is 16.3 Å². The van der Waals surface area contributed by atoms with Crippen LogP contribution in [0.4, 0.5) is 17.1 Å². The van der Waals surface area contributed by atoms with Crippen molar-refractivity contribution in [2.75, 3.05) is 40.9 Å². The van der Waals surface area contributed by atoms with Crippen LogP contribution in [0.1, 0.15) is 33.3 Å². The zero-order chi connectivity index (χ0) is 23.9. The number of nitrogens with zero attached hydrogens (tertiary/aromatic N) is 5. The molecule has 2 aromatic carbocycles. The second kappa shape index (κ2) is 8.94. The Morgan fingerprint density at radius 3 is 2.12 bits per heavy atom. The van der Waals surface area contributed by atoms with Gasteiger partial charge in [0.1, 0.15) is 11.6 Å². The van der Waals surface area contributed by atoms with Crippen molar-refractivity contribution < 1.29 is 4.79 Å². The van der Waals surface area contributed by atoms with E-state index >= 15 is 0 Å². The number of hydrogen-bond donors (Lipinski definition) is 0. The molecule has 2 aromatic rings. The molecule has 0 atom stereocenters. The van der Waals surface area contributed by atoms with Gasteiger partial charge in [-0.05, 0) is 82.4 Å². The number of piperazine rings is 1. The van der Waals surface area contributed by atoms with E-state index in [1.807, 2.05) is 36.9 Å². The van der Waals surface area contributed by atoms with Crippen molar-refractivity contribution in [1.82, 2.24) is 4.90 Å². The number of rotatable bonds is 4. The normalized spacial score (nSPS) is 18.9. The van der Waals surface area contributed by atoms with Crippen molar-refractivity contribution in [2.24, 2.45) is 0 Å². The molecule has 0 bridgehead atoms. The number of carbonyl (C=O) groups is 1. The lowest BCUT2D eigenvalue weighted by Crippen LogP contribution is -2.48. The fourth-order valence-electron chi connectivity index (χ4n) is 4.50. The number of thiocarbonyl (C=S) groups is 1. The van der Waals surface area contributed by atoms with Gasteiger partial charge in [0.15, 0.2) is 5.11 Å². The summed E-state index contributed by atoms with van der Waals surface area (Å²) in [5, 5.41) is 9.84. The van der Waals surface area contributed by atoms with Gasteiger partial charge in [-0.2, -0.15) is 5.26 Å². The first-order chi connectivity index (χ1) is 15.6. The fourth-order valence-corrected chi connectivity index (χ4v) is 5.24. The van der Waals surface area contributed by atoms with E-state index in [2.05, 4.69) is 35.8 Å². The van der Waals surface area contributed by atoms with Crippen LogP contribution >= 0.6 is 23.8 Å². The summed E-state index contributed by atoms with van der Waals surface area (Å²) in [7, 11) is 0. The summed E-state index contributed by atoms with van der Waals surface area (Å²) in [6.45, 7) is 12.3. The first kappa shape index (κ1) is 23.5. The highest BCUT2D eigenvalue weighted by Gasteiger charge is 2.50. The van der Waals surface area contributed by atoms with E-state index in [1.54, 1.807) is 18.2 Å². The van der Waals surface area contributed by atoms with Crippen LogP contribution in [0.25, 0.3) is 0 Å². The molecule has 4 rings (SSSR count). The lowest BCUT2D eigenvalue weighted by atomic mass is 10.0. The molecule has 2 saturated heterocycles. The highest BCUT2D eigenvalue weighted by molar-refractivity contribution is 7.81. The molecule has 2 aliphatic heterocycles. The van der Waals surface area contributed by atoms with Crippen molar-refractivity contribution in [3.05, 3.63) is 53.1 Å². The van der Waals surface area contributed by atoms with Gasteiger partial charge < -0.3 is 9.80 Å². The summed E-state index contributed by atoms with van der Waals surface area (Å²) >= 11 is 12.0. The smallest absolute Gasteiger partial charge is 0.259 e. The van der Waals surface area contributed by atoms with E-state index in [1.165, 1.54) is 10.6 Å². The summed E-state index contributed by atoms with van der Waals surface area (Å²) in [6.07, 6.45) is 0. The summed E-state index contributed by atoms with van der Waals surface area (Å²) in [5.41, 5.74) is 2.10. The summed E-state index contributed by atoms with van der Waals surface area (Å²) < 4.78 is 0. The summed E-state index contributed by atoms with van der Waals surface area (Å²) in [5.74, 6) is -0.137. The molecule has 2 fully saturated rings. The Labute approximate surface area is 205 Å². The van der Waals surface area contributed by atoms with Crippen LogP contribution in [0, 0.1) is 11.3 Å². The van der Waals surface area contributed by atoms with Crippen LogP contribution < -0.4 is 14.7 Å². The topological polar surface area (TPSA) is 53.8 Å². The predicted molar refractivity (Wildman–Crippen MR) is 138 cm³/mol. The minimum atomic E-state index is -0.859. The maximum atomic E-state index is 13.4. The average Bonchev–Trinajstić information content (AvgIpc) is 2.97. The van der Waals surface area contributed by atoms with Gasteiger partial charge >= 0.3 is 0 Å². The van der Waals surface area contributed by atoms with E-state index in [0.717, 1.165) is 31.9 Å². The van der Waals surface area contributed by atoms with Crippen LogP contribution in [0.15, 0.2) is 42.5 Å². The van der Waals surface area contributed by atoms with Crippen LogP contribution in [-0.2, 0) is 4.79 Å². The largest absolute Gasteiger partial charge is 0.369 e. The van der Waals surface area contributed by atoms with Gasteiger partial charge in [-0.25, -0.2) is 0 Å². The number of hydrogen-bond acceptors (Lipinski definition) is 5. The molecule has 2 heterocycles. The zero-order valence-corrected chi connectivity index (χ0v) is 21.0. The first-order valence-corrected chi connectivity index (χ1v) is 11.9. The Morgan fingerprint density at radius 1 is 1.00 bits per heavy atom. The van der Waals surface area contributed by atoms with Gasteiger partial charge in [-0.1, -0.05) is 11.6 Å². The molecule has 33 heavy (non-hydrogen) atoms. The number of amides is 1. The quantitative estimate of drug-likeness (QED) is 0.592. The van der Waals surface area contributed by atoms with Gasteiger partial charge in [0.2, 0.25) is 0 Å². The molecule has 8 heteroatoms. The summed E-state index contributed by atoms with van der Waals surface area (Å²) in [6, 6.07) is 15.8. The maximum Gasteiger partial charge on any atom is 0.259 e. The van der Waals surface area contributed by atoms with Gasteiger partial charge in [0, 0.05) is 43.6 Å². The van der Waals surface area contributed by atoms with Crippen molar-refractivity contribution in [1.29, 1.82) is 5.26 Å². The van der Waals surface area contributed by atoms with E-state index < -0.39 is 5.54 Å². The van der Waals surface area contributed by atoms with Crippen LogP contribution in [0.3, 0.4) is 0 Å². The van der Waals surface area contributed by atoms with Gasteiger partial charge in [-0.3, -0.25) is 14.6 Å². The van der Waals surface area contributed by atoms with Crippen LogP contribution in [-0.4, -0.2) is 53.7 Å². The monoisotopic (exact) mass is 481 g/mol. The molecule has 0 N–H and O–H groups in total. The third-order valence-corrected chi connectivity index (χ3v) is 7.19. The number of anilines is 3. The number of nitriles is 1. The van der Waals surface area contributed by atoms with Gasteiger partial charge in [0.25, 0.3) is 5.91 Å². The molecular formula is C25H28ClN5OS. The standard InChI is InChI=1S/C25H28ClN5OS/c1-17(2)28-11-13-29(14-12-28)19-7-9-20(10-8-19)31-24(33)30(23(32)25(31,3)4)21-6-5-18(16-27)22(26)15-21/h5-10,15,17H,11-14H2,1-4H3. The fraction of sp³-hybridized carbons (Fsp3) is 0.400. The number of benzene rings is 2. The highest BCUT2D eigenvalue weighted by Crippen LogP contribution is 2.38. The molecular weight excluding hydrogens is 454 g/mol. The van der Waals surface area contributed by atoms with E-state index in [0.29, 0.717) is 27.4 Å². The molecule has 0 radical (unpaired) electrons. The van der Waals surface area contributed by atoms with Crippen molar-refractivity contribution >= 4 is 51.9 Å². The van der Waals surface area contributed by atoms with Crippen LogP contribution in [0.5, 0.6) is 0 Å². The molecule has 2 aliphatic rings. The zero-order valence-electron chi connectivity index (χ0n) is 19.4. The number of carbonyl (C=O) groups excluding carboxylic acids is 1. The van der Waals surface area contributed by atoms with Crippen molar-refractivity contribution in [2.45, 2.75) is 39.3 Å². The Hall–Kier alpha value is -2.66. The molecule has 0 aliphatic carbocycles. The molecule has 0 aromatic heterocycles. The average molecular weight is 482 g/mol. The molecule has 6 nitrogen and oxygen atoms in total. The Kier molecular flexibility index (Phi) is 6.37. The lowest BCUT2D eigenvalue weighted by molar-refractivity contribution is -0.120. The van der Waals surface area contributed by atoms with Crippen LogP contribution in [0.2, 0.25) is 5.02 Å². The Bertz CT molecular complexity index is 1120. The predicted octanol–water partition coefficient (Wildman–Crippen LogP) is 4.66. The molecule has 0 saturated carbocycles. The third-order valence-electron chi connectivity index (χ3n) is 6.52.